The van der Waals surface area contributed by atoms with Crippen LogP contribution in [0.2, 0.25) is 0 Å². The lowest BCUT2D eigenvalue weighted by atomic mass is 9.67. The van der Waals surface area contributed by atoms with E-state index in [1.807, 2.05) is 0 Å². The van der Waals surface area contributed by atoms with Gasteiger partial charge in [0.1, 0.15) is 0 Å². The second kappa shape index (κ2) is 4.55. The van der Waals surface area contributed by atoms with Gasteiger partial charge in [-0.05, 0) is 55.1 Å². The largest absolute Gasteiger partial charge is 0.316 e. The van der Waals surface area contributed by atoms with Crippen molar-refractivity contribution in [2.75, 3.05) is 19.6 Å². The molecule has 2 nitrogen and oxygen atoms in total. The van der Waals surface area contributed by atoms with Crippen LogP contribution in [0.4, 0.5) is 0 Å². The lowest BCUT2D eigenvalue weighted by Gasteiger charge is -2.44. The van der Waals surface area contributed by atoms with E-state index in [1.54, 1.807) is 0 Å². The highest BCUT2D eigenvalue weighted by Gasteiger charge is 2.41. The van der Waals surface area contributed by atoms with E-state index in [0.717, 1.165) is 17.9 Å². The van der Waals surface area contributed by atoms with Crippen molar-refractivity contribution in [3.63, 3.8) is 0 Å². The lowest BCUT2D eigenvalue weighted by molar-refractivity contribution is 0.0959. The fraction of sp³-hybridized carbons (Fsp3) is 1.00. The van der Waals surface area contributed by atoms with Crippen LogP contribution in [0.25, 0.3) is 0 Å². The van der Waals surface area contributed by atoms with E-state index in [2.05, 4.69) is 45.3 Å². The summed E-state index contributed by atoms with van der Waals surface area (Å²) in [5.74, 6) is 1.72. The van der Waals surface area contributed by atoms with Crippen LogP contribution in [-0.2, 0) is 0 Å². The van der Waals surface area contributed by atoms with Crippen LogP contribution in [0, 0.1) is 22.7 Å². The summed E-state index contributed by atoms with van der Waals surface area (Å²) in [5.41, 5.74) is 0.929. The number of hydrogen-bond acceptors (Lipinski definition) is 2. The predicted octanol–water partition coefficient (Wildman–Crippen LogP) is 2.65. The molecule has 2 atom stereocenters. The molecule has 0 spiro atoms. The van der Waals surface area contributed by atoms with Gasteiger partial charge in [0.05, 0.1) is 0 Å². The van der Waals surface area contributed by atoms with Gasteiger partial charge in [0, 0.05) is 6.04 Å². The summed E-state index contributed by atoms with van der Waals surface area (Å²) in [6.07, 6.45) is 2.69. The summed E-state index contributed by atoms with van der Waals surface area (Å²) >= 11 is 0. The molecular formula is C15H30N2. The Morgan fingerprint density at radius 1 is 1.06 bits per heavy atom. The fourth-order valence-corrected chi connectivity index (χ4v) is 3.59. The van der Waals surface area contributed by atoms with E-state index in [0.29, 0.717) is 10.8 Å². The third kappa shape index (κ3) is 2.85. The van der Waals surface area contributed by atoms with E-state index in [-0.39, 0.29) is 0 Å². The van der Waals surface area contributed by atoms with Crippen LogP contribution in [0.15, 0.2) is 0 Å². The van der Waals surface area contributed by atoms with Crippen molar-refractivity contribution in [3.8, 4) is 0 Å². The number of hydrogen-bond donors (Lipinski definition) is 2. The summed E-state index contributed by atoms with van der Waals surface area (Å²) in [6.45, 7) is 15.8. The van der Waals surface area contributed by atoms with Crippen LogP contribution >= 0.6 is 0 Å². The first-order chi connectivity index (χ1) is 7.81. The summed E-state index contributed by atoms with van der Waals surface area (Å²) < 4.78 is 0. The van der Waals surface area contributed by atoms with Gasteiger partial charge in [-0.15, -0.1) is 0 Å². The van der Waals surface area contributed by atoms with Crippen molar-refractivity contribution < 1.29 is 0 Å². The second-order valence-electron chi connectivity index (χ2n) is 7.87. The zero-order valence-corrected chi connectivity index (χ0v) is 12.3. The third-order valence-corrected chi connectivity index (χ3v) is 5.09. The van der Waals surface area contributed by atoms with E-state index < -0.39 is 0 Å². The van der Waals surface area contributed by atoms with Crippen molar-refractivity contribution >= 4 is 0 Å². The Balaban J connectivity index is 1.97. The average molecular weight is 238 g/mol. The Labute approximate surface area is 107 Å². The quantitative estimate of drug-likeness (QED) is 0.790. The molecule has 17 heavy (non-hydrogen) atoms. The number of nitrogens with one attached hydrogen (secondary N) is 2. The smallest absolute Gasteiger partial charge is 0.0106 e. The molecule has 0 aromatic carbocycles. The molecule has 2 heterocycles. The minimum Gasteiger partial charge on any atom is -0.316 e. The van der Waals surface area contributed by atoms with Crippen LogP contribution in [-0.4, -0.2) is 25.7 Å². The fourth-order valence-electron chi connectivity index (χ4n) is 3.59. The molecule has 0 aromatic rings. The van der Waals surface area contributed by atoms with Gasteiger partial charge in [-0.3, -0.25) is 0 Å². The highest BCUT2D eigenvalue weighted by molar-refractivity contribution is 4.97. The molecule has 2 rings (SSSR count). The Morgan fingerprint density at radius 2 is 1.71 bits per heavy atom. The minimum absolute atomic E-state index is 0.447. The van der Waals surface area contributed by atoms with Crippen LogP contribution in [0.5, 0.6) is 0 Å². The van der Waals surface area contributed by atoms with Crippen molar-refractivity contribution in [1.82, 2.24) is 10.6 Å². The zero-order chi connectivity index (χ0) is 12.7. The first-order valence-corrected chi connectivity index (χ1v) is 7.25. The average Bonchev–Trinajstić information content (AvgIpc) is 2.44. The van der Waals surface area contributed by atoms with Gasteiger partial charge in [-0.2, -0.15) is 0 Å². The maximum atomic E-state index is 3.75. The third-order valence-electron chi connectivity index (χ3n) is 5.09. The molecule has 100 valence electrons. The van der Waals surface area contributed by atoms with Gasteiger partial charge in [0.25, 0.3) is 0 Å². The molecule has 0 aliphatic carbocycles. The summed E-state index contributed by atoms with van der Waals surface area (Å²) in [7, 11) is 0. The highest BCUT2D eigenvalue weighted by atomic mass is 15.0. The maximum absolute atomic E-state index is 3.75. The Bertz CT molecular complexity index is 261. The standard InChI is InChI=1S/C15H30N2/c1-14(2,3)12-6-7-17-13(12)8-15(4,5)11-9-16-10-11/h11-13,16-17H,6-10H2,1-5H3. The Hall–Kier alpha value is -0.0800. The van der Waals surface area contributed by atoms with Crippen molar-refractivity contribution in [1.29, 1.82) is 0 Å². The molecule has 2 aliphatic rings. The van der Waals surface area contributed by atoms with E-state index in [1.165, 1.54) is 32.5 Å². The topological polar surface area (TPSA) is 24.1 Å². The summed E-state index contributed by atoms with van der Waals surface area (Å²) in [5, 5.41) is 7.17. The number of rotatable bonds is 3. The molecule has 2 fully saturated rings. The van der Waals surface area contributed by atoms with Crippen LogP contribution in [0.3, 0.4) is 0 Å². The van der Waals surface area contributed by atoms with Crippen molar-refractivity contribution in [2.24, 2.45) is 22.7 Å². The van der Waals surface area contributed by atoms with Gasteiger partial charge in [0.15, 0.2) is 0 Å². The van der Waals surface area contributed by atoms with Crippen molar-refractivity contribution in [2.45, 2.75) is 53.5 Å². The predicted molar refractivity (Wildman–Crippen MR) is 74.1 cm³/mol. The van der Waals surface area contributed by atoms with Gasteiger partial charge >= 0.3 is 0 Å². The molecule has 0 bridgehead atoms. The van der Waals surface area contributed by atoms with E-state index >= 15 is 0 Å². The molecule has 2 unspecified atom stereocenters. The normalized spacial score (nSPS) is 31.6. The molecule has 0 saturated carbocycles. The molecule has 0 aromatic heterocycles. The highest BCUT2D eigenvalue weighted by Crippen LogP contribution is 2.42. The first kappa shape index (κ1) is 13.4. The Morgan fingerprint density at radius 3 is 2.18 bits per heavy atom. The van der Waals surface area contributed by atoms with Gasteiger partial charge < -0.3 is 10.6 Å². The zero-order valence-electron chi connectivity index (χ0n) is 12.3. The molecule has 0 radical (unpaired) electrons. The van der Waals surface area contributed by atoms with Crippen molar-refractivity contribution in [3.05, 3.63) is 0 Å². The van der Waals surface area contributed by atoms with Gasteiger partial charge in [-0.25, -0.2) is 0 Å². The molecule has 0 amide bonds. The lowest BCUT2D eigenvalue weighted by Crippen LogP contribution is -2.52. The van der Waals surface area contributed by atoms with Gasteiger partial charge in [0.2, 0.25) is 0 Å². The SMILES string of the molecule is CC(C)(C)C1CCNC1CC(C)(C)C1CNC1. The first-order valence-electron chi connectivity index (χ1n) is 7.25. The summed E-state index contributed by atoms with van der Waals surface area (Å²) in [6, 6.07) is 0.727. The maximum Gasteiger partial charge on any atom is 0.0106 e. The molecule has 2 saturated heterocycles. The van der Waals surface area contributed by atoms with E-state index in [4.69, 9.17) is 0 Å². The summed E-state index contributed by atoms with van der Waals surface area (Å²) in [4.78, 5) is 0. The molecule has 2 heteroatoms. The van der Waals surface area contributed by atoms with E-state index in [9.17, 15) is 0 Å². The van der Waals surface area contributed by atoms with Gasteiger partial charge in [-0.1, -0.05) is 34.6 Å². The minimum atomic E-state index is 0.447. The van der Waals surface area contributed by atoms with Crippen LogP contribution in [0.1, 0.15) is 47.5 Å². The molecular weight excluding hydrogens is 208 g/mol. The second-order valence-corrected chi connectivity index (χ2v) is 7.87. The van der Waals surface area contributed by atoms with Crippen LogP contribution < -0.4 is 10.6 Å². The Kier molecular flexibility index (Phi) is 3.57. The molecule has 2 aliphatic heterocycles. The molecule has 2 N–H and O–H groups in total. The monoisotopic (exact) mass is 238 g/mol.